The lowest BCUT2D eigenvalue weighted by Gasteiger charge is -2.23. The number of thiophene rings is 1. The Hall–Kier alpha value is -1.40. The van der Waals surface area contributed by atoms with Gasteiger partial charge in [-0.25, -0.2) is 4.98 Å². The van der Waals surface area contributed by atoms with E-state index in [-0.39, 0.29) is 6.04 Å². The Morgan fingerprint density at radius 2 is 2.10 bits per heavy atom. The van der Waals surface area contributed by atoms with Crippen molar-refractivity contribution >= 4 is 33.3 Å². The molecule has 21 heavy (non-hydrogen) atoms. The average molecular weight is 308 g/mol. The second-order valence-electron chi connectivity index (χ2n) is 5.37. The zero-order valence-electron chi connectivity index (χ0n) is 13.1. The largest absolute Gasteiger partial charge is 0.380 e. The SMILES string of the molecule is CCOCC(Nc1nc(N)nc2sc(CC)cc12)C(C)C. The molecule has 2 aromatic rings. The van der Waals surface area contributed by atoms with Gasteiger partial charge < -0.3 is 15.8 Å². The Kier molecular flexibility index (Phi) is 5.36. The van der Waals surface area contributed by atoms with E-state index >= 15 is 0 Å². The molecule has 0 aliphatic rings. The van der Waals surface area contributed by atoms with Crippen molar-refractivity contribution in [3.63, 3.8) is 0 Å². The highest BCUT2D eigenvalue weighted by atomic mass is 32.1. The fourth-order valence-electron chi connectivity index (χ4n) is 2.09. The summed E-state index contributed by atoms with van der Waals surface area (Å²) in [5.74, 6) is 1.56. The maximum absolute atomic E-state index is 5.84. The zero-order valence-corrected chi connectivity index (χ0v) is 14.0. The second-order valence-corrected chi connectivity index (χ2v) is 6.49. The van der Waals surface area contributed by atoms with Gasteiger partial charge in [-0.2, -0.15) is 4.98 Å². The smallest absolute Gasteiger partial charge is 0.223 e. The van der Waals surface area contributed by atoms with Crippen molar-refractivity contribution in [2.45, 2.75) is 40.2 Å². The van der Waals surface area contributed by atoms with Gasteiger partial charge in [-0.3, -0.25) is 0 Å². The molecule has 1 unspecified atom stereocenters. The van der Waals surface area contributed by atoms with Gasteiger partial charge >= 0.3 is 0 Å². The summed E-state index contributed by atoms with van der Waals surface area (Å²) in [5, 5.41) is 4.53. The van der Waals surface area contributed by atoms with Crippen LogP contribution in [0, 0.1) is 5.92 Å². The van der Waals surface area contributed by atoms with Crippen LogP contribution in [-0.2, 0) is 11.2 Å². The lowest BCUT2D eigenvalue weighted by Crippen LogP contribution is -2.31. The minimum atomic E-state index is 0.201. The summed E-state index contributed by atoms with van der Waals surface area (Å²) in [6.45, 7) is 9.85. The Bertz CT molecular complexity index is 597. The lowest BCUT2D eigenvalue weighted by molar-refractivity contribution is 0.126. The molecule has 5 nitrogen and oxygen atoms in total. The Balaban J connectivity index is 2.32. The normalized spacial score (nSPS) is 13.0. The van der Waals surface area contributed by atoms with Crippen LogP contribution in [0.4, 0.5) is 11.8 Å². The first-order valence-electron chi connectivity index (χ1n) is 7.45. The summed E-state index contributed by atoms with van der Waals surface area (Å²) >= 11 is 1.68. The van der Waals surface area contributed by atoms with Gasteiger partial charge in [0.05, 0.1) is 18.0 Å². The molecule has 0 radical (unpaired) electrons. The minimum absolute atomic E-state index is 0.201. The quantitative estimate of drug-likeness (QED) is 0.821. The van der Waals surface area contributed by atoms with E-state index in [0.29, 0.717) is 25.1 Å². The summed E-state index contributed by atoms with van der Waals surface area (Å²) in [5.41, 5.74) is 5.84. The van der Waals surface area contributed by atoms with E-state index in [0.717, 1.165) is 22.5 Å². The predicted molar refractivity (Wildman–Crippen MR) is 89.9 cm³/mol. The summed E-state index contributed by atoms with van der Waals surface area (Å²) in [6.07, 6.45) is 0.993. The number of fused-ring (bicyclic) bond motifs is 1. The molecule has 3 N–H and O–H groups in total. The van der Waals surface area contributed by atoms with E-state index < -0.39 is 0 Å². The molecule has 6 heteroatoms. The molecule has 2 aromatic heterocycles. The number of hydrogen-bond acceptors (Lipinski definition) is 6. The van der Waals surface area contributed by atoms with Crippen molar-refractivity contribution in [2.75, 3.05) is 24.3 Å². The molecule has 0 fully saturated rings. The molecular formula is C15H24N4OS. The van der Waals surface area contributed by atoms with E-state index in [2.05, 4.69) is 42.1 Å². The standard InChI is InChI=1S/C15H24N4OS/c1-5-10-7-11-13(18-15(16)19-14(11)21-10)17-12(9(3)4)8-20-6-2/h7,9,12H,5-6,8H2,1-4H3,(H3,16,17,18,19). The van der Waals surface area contributed by atoms with E-state index in [1.807, 2.05) is 6.92 Å². The van der Waals surface area contributed by atoms with E-state index in [4.69, 9.17) is 10.5 Å². The van der Waals surface area contributed by atoms with Gasteiger partial charge in [0.2, 0.25) is 5.95 Å². The highest BCUT2D eigenvalue weighted by Gasteiger charge is 2.17. The van der Waals surface area contributed by atoms with Crippen LogP contribution < -0.4 is 11.1 Å². The first-order valence-corrected chi connectivity index (χ1v) is 8.27. The van der Waals surface area contributed by atoms with Crippen LogP contribution in [0.15, 0.2) is 6.07 Å². The third-order valence-electron chi connectivity index (χ3n) is 3.44. The number of nitrogens with zero attached hydrogens (tertiary/aromatic N) is 2. The van der Waals surface area contributed by atoms with Crippen molar-refractivity contribution < 1.29 is 4.74 Å². The summed E-state index contributed by atoms with van der Waals surface area (Å²) < 4.78 is 5.56. The Morgan fingerprint density at radius 3 is 2.71 bits per heavy atom. The second kappa shape index (κ2) is 7.04. The molecule has 2 heterocycles. The van der Waals surface area contributed by atoms with Gasteiger partial charge in [0, 0.05) is 11.5 Å². The first kappa shape index (κ1) is 16.0. The highest BCUT2D eigenvalue weighted by Crippen LogP contribution is 2.30. The molecular weight excluding hydrogens is 284 g/mol. The number of ether oxygens (including phenoxy) is 1. The third kappa shape index (κ3) is 3.83. The van der Waals surface area contributed by atoms with Crippen molar-refractivity contribution in [3.05, 3.63) is 10.9 Å². The van der Waals surface area contributed by atoms with Crippen molar-refractivity contribution in [2.24, 2.45) is 5.92 Å². The number of hydrogen-bond donors (Lipinski definition) is 2. The van der Waals surface area contributed by atoms with Crippen LogP contribution in [0.25, 0.3) is 10.2 Å². The summed E-state index contributed by atoms with van der Waals surface area (Å²) in [7, 11) is 0. The maximum Gasteiger partial charge on any atom is 0.223 e. The number of anilines is 2. The van der Waals surface area contributed by atoms with Crippen molar-refractivity contribution in [1.82, 2.24) is 9.97 Å². The van der Waals surface area contributed by atoms with Gasteiger partial charge in [0.1, 0.15) is 10.6 Å². The van der Waals surface area contributed by atoms with Crippen LogP contribution in [0.5, 0.6) is 0 Å². The maximum atomic E-state index is 5.84. The van der Waals surface area contributed by atoms with Crippen molar-refractivity contribution in [3.8, 4) is 0 Å². The molecule has 0 aromatic carbocycles. The van der Waals surface area contributed by atoms with Crippen LogP contribution in [0.3, 0.4) is 0 Å². The Labute approximate surface area is 129 Å². The van der Waals surface area contributed by atoms with E-state index in [1.54, 1.807) is 11.3 Å². The van der Waals surface area contributed by atoms with Gasteiger partial charge in [0.25, 0.3) is 0 Å². The summed E-state index contributed by atoms with van der Waals surface area (Å²) in [4.78, 5) is 11.0. The molecule has 1 atom stereocenters. The van der Waals surface area contributed by atoms with E-state index in [1.165, 1.54) is 4.88 Å². The van der Waals surface area contributed by atoms with Gasteiger partial charge in [-0.1, -0.05) is 20.8 Å². The molecule has 2 rings (SSSR count). The average Bonchev–Trinajstić information content (AvgIpc) is 2.85. The number of aromatic nitrogens is 2. The molecule has 0 spiro atoms. The van der Waals surface area contributed by atoms with Crippen LogP contribution in [0.1, 0.15) is 32.6 Å². The fraction of sp³-hybridized carbons (Fsp3) is 0.600. The molecule has 0 aliphatic heterocycles. The van der Waals surface area contributed by atoms with E-state index in [9.17, 15) is 0 Å². The fourth-order valence-corrected chi connectivity index (χ4v) is 3.07. The van der Waals surface area contributed by atoms with Crippen molar-refractivity contribution in [1.29, 1.82) is 0 Å². The molecule has 0 bridgehead atoms. The number of nitrogens with one attached hydrogen (secondary N) is 1. The summed E-state index contributed by atoms with van der Waals surface area (Å²) in [6, 6.07) is 2.35. The third-order valence-corrected chi connectivity index (χ3v) is 4.61. The minimum Gasteiger partial charge on any atom is -0.380 e. The van der Waals surface area contributed by atoms with Gasteiger partial charge in [-0.15, -0.1) is 11.3 Å². The molecule has 0 saturated heterocycles. The Morgan fingerprint density at radius 1 is 1.33 bits per heavy atom. The molecule has 0 aliphatic carbocycles. The molecule has 0 amide bonds. The predicted octanol–water partition coefficient (Wildman–Crippen LogP) is 3.31. The zero-order chi connectivity index (χ0) is 15.4. The number of rotatable bonds is 7. The van der Waals surface area contributed by atoms with Gasteiger partial charge in [-0.05, 0) is 25.3 Å². The van der Waals surface area contributed by atoms with Crippen LogP contribution >= 0.6 is 11.3 Å². The molecule has 116 valence electrons. The number of nitrogens with two attached hydrogens (primary N) is 1. The van der Waals surface area contributed by atoms with Crippen LogP contribution in [-0.4, -0.2) is 29.2 Å². The highest BCUT2D eigenvalue weighted by molar-refractivity contribution is 7.18. The topological polar surface area (TPSA) is 73.1 Å². The first-order chi connectivity index (χ1) is 10.0. The van der Waals surface area contributed by atoms with Gasteiger partial charge in [0.15, 0.2) is 0 Å². The lowest BCUT2D eigenvalue weighted by atomic mass is 10.1. The number of aryl methyl sites for hydroxylation is 1. The molecule has 0 saturated carbocycles. The van der Waals surface area contributed by atoms with Crippen LogP contribution in [0.2, 0.25) is 0 Å². The number of nitrogen functional groups attached to an aromatic ring is 1. The monoisotopic (exact) mass is 308 g/mol.